The molecule has 1 N–H and O–H groups in total. The number of carbonyl (C=O) groups is 2. The Labute approximate surface area is 102 Å². The first-order chi connectivity index (χ1) is 7.70. The number of hydrogen-bond donors (Lipinski definition) is 1. The van der Waals surface area contributed by atoms with E-state index in [4.69, 9.17) is 9.84 Å². The highest BCUT2D eigenvalue weighted by molar-refractivity contribution is 5.72. The van der Waals surface area contributed by atoms with Crippen LogP contribution in [0.5, 0.6) is 0 Å². The number of carbonyl (C=O) groups excluding carboxylic acids is 1. The third kappa shape index (κ3) is 3.91. The maximum atomic E-state index is 11.8. The third-order valence-corrected chi connectivity index (χ3v) is 2.87. The van der Waals surface area contributed by atoms with Gasteiger partial charge in [-0.15, -0.1) is 0 Å². The Morgan fingerprint density at radius 1 is 1.35 bits per heavy atom. The van der Waals surface area contributed by atoms with Crippen LogP contribution in [0.2, 0.25) is 0 Å². The fourth-order valence-corrected chi connectivity index (χ4v) is 2.00. The number of aliphatic carboxylic acids is 1. The zero-order valence-electron chi connectivity index (χ0n) is 10.9. The number of carboxylic acids is 1. The lowest BCUT2D eigenvalue weighted by Gasteiger charge is -2.35. The predicted molar refractivity (Wildman–Crippen MR) is 62.7 cm³/mol. The van der Waals surface area contributed by atoms with E-state index < -0.39 is 11.6 Å². The van der Waals surface area contributed by atoms with Crippen molar-refractivity contribution in [3.05, 3.63) is 0 Å². The van der Waals surface area contributed by atoms with Crippen molar-refractivity contribution in [2.75, 3.05) is 13.1 Å². The van der Waals surface area contributed by atoms with E-state index in [0.29, 0.717) is 19.5 Å². The Bertz CT molecular complexity index is 308. The minimum absolute atomic E-state index is 0.0335. The number of piperidine rings is 1. The van der Waals surface area contributed by atoms with Crippen molar-refractivity contribution in [3.8, 4) is 0 Å². The molecule has 1 saturated heterocycles. The molecule has 0 radical (unpaired) electrons. The van der Waals surface area contributed by atoms with E-state index >= 15 is 0 Å². The largest absolute Gasteiger partial charge is 0.481 e. The Kier molecular flexibility index (Phi) is 4.01. The van der Waals surface area contributed by atoms with Crippen LogP contribution in [0.25, 0.3) is 0 Å². The van der Waals surface area contributed by atoms with Crippen LogP contribution in [0.1, 0.15) is 34.1 Å². The molecular weight excluding hydrogens is 222 g/mol. The van der Waals surface area contributed by atoms with Crippen LogP contribution in [0.4, 0.5) is 4.79 Å². The number of amides is 1. The highest BCUT2D eigenvalue weighted by Gasteiger charge is 2.34. The maximum absolute atomic E-state index is 11.8. The first-order valence-corrected chi connectivity index (χ1v) is 5.91. The van der Waals surface area contributed by atoms with Gasteiger partial charge in [-0.1, -0.05) is 6.92 Å². The molecule has 5 nitrogen and oxygen atoms in total. The number of nitrogens with zero attached hydrogens (tertiary/aromatic N) is 1. The molecule has 1 aliphatic rings. The molecule has 1 fully saturated rings. The van der Waals surface area contributed by atoms with E-state index in [2.05, 4.69) is 0 Å². The Morgan fingerprint density at radius 2 is 1.94 bits per heavy atom. The van der Waals surface area contributed by atoms with Crippen LogP contribution in [0.3, 0.4) is 0 Å². The van der Waals surface area contributed by atoms with Gasteiger partial charge in [0.25, 0.3) is 0 Å². The number of rotatable bonds is 1. The topological polar surface area (TPSA) is 66.8 Å². The SMILES string of the molecule is CC1CN(C(=O)OC(C)(C)C)CCC1C(=O)O. The normalized spacial score (nSPS) is 25.5. The quantitative estimate of drug-likeness (QED) is 0.764. The molecule has 2 atom stereocenters. The smallest absolute Gasteiger partial charge is 0.410 e. The standard InChI is InChI=1S/C12H21NO4/c1-8-7-13(6-5-9(8)10(14)15)11(16)17-12(2,3)4/h8-9H,5-7H2,1-4H3,(H,14,15). The predicted octanol–water partition coefficient (Wildman–Crippen LogP) is 1.96. The van der Waals surface area contributed by atoms with Crippen LogP contribution < -0.4 is 0 Å². The van der Waals surface area contributed by atoms with Gasteiger partial charge in [-0.2, -0.15) is 0 Å². The summed E-state index contributed by atoms with van der Waals surface area (Å²) in [4.78, 5) is 24.3. The molecule has 0 aliphatic carbocycles. The Morgan fingerprint density at radius 3 is 2.35 bits per heavy atom. The molecule has 1 aliphatic heterocycles. The summed E-state index contributed by atoms with van der Waals surface area (Å²) in [6.45, 7) is 8.21. The van der Waals surface area contributed by atoms with Gasteiger partial charge in [-0.05, 0) is 33.1 Å². The lowest BCUT2D eigenvalue weighted by atomic mass is 9.87. The summed E-state index contributed by atoms with van der Waals surface area (Å²) in [5.74, 6) is -1.16. The zero-order chi connectivity index (χ0) is 13.2. The third-order valence-electron chi connectivity index (χ3n) is 2.87. The van der Waals surface area contributed by atoms with E-state index in [1.807, 2.05) is 27.7 Å². The summed E-state index contributed by atoms with van der Waals surface area (Å²) in [6, 6.07) is 0. The second-order valence-electron chi connectivity index (χ2n) is 5.64. The average Bonchev–Trinajstić information content (AvgIpc) is 2.14. The summed E-state index contributed by atoms with van der Waals surface area (Å²) in [6.07, 6.45) is 0.142. The molecule has 0 saturated carbocycles. The summed E-state index contributed by atoms with van der Waals surface area (Å²) in [5.41, 5.74) is -0.510. The molecule has 0 aromatic carbocycles. The fraction of sp³-hybridized carbons (Fsp3) is 0.833. The number of likely N-dealkylation sites (tertiary alicyclic amines) is 1. The highest BCUT2D eigenvalue weighted by atomic mass is 16.6. The van der Waals surface area contributed by atoms with E-state index in [-0.39, 0.29) is 17.9 Å². The summed E-state index contributed by atoms with van der Waals surface area (Å²) in [5, 5.41) is 8.99. The lowest BCUT2D eigenvalue weighted by Crippen LogP contribution is -2.46. The summed E-state index contributed by atoms with van der Waals surface area (Å²) < 4.78 is 5.26. The molecule has 17 heavy (non-hydrogen) atoms. The van der Waals surface area contributed by atoms with Crippen LogP contribution in [0, 0.1) is 11.8 Å². The van der Waals surface area contributed by atoms with Gasteiger partial charge in [-0.3, -0.25) is 4.79 Å². The molecule has 0 spiro atoms. The van der Waals surface area contributed by atoms with Crippen LogP contribution >= 0.6 is 0 Å². The zero-order valence-corrected chi connectivity index (χ0v) is 10.9. The molecule has 1 heterocycles. The fourth-order valence-electron chi connectivity index (χ4n) is 2.00. The van der Waals surface area contributed by atoms with Crippen molar-refractivity contribution < 1.29 is 19.4 Å². The summed E-state index contributed by atoms with van der Waals surface area (Å²) >= 11 is 0. The lowest BCUT2D eigenvalue weighted by molar-refractivity contribution is -0.145. The van der Waals surface area contributed by atoms with Crippen LogP contribution in [-0.4, -0.2) is 40.8 Å². The first kappa shape index (κ1) is 13.8. The van der Waals surface area contributed by atoms with E-state index in [0.717, 1.165) is 0 Å². The first-order valence-electron chi connectivity index (χ1n) is 5.91. The second-order valence-corrected chi connectivity index (χ2v) is 5.64. The minimum atomic E-state index is -0.777. The van der Waals surface area contributed by atoms with Gasteiger partial charge in [0.2, 0.25) is 0 Å². The van der Waals surface area contributed by atoms with E-state index in [9.17, 15) is 9.59 Å². The molecule has 5 heteroatoms. The van der Waals surface area contributed by atoms with E-state index in [1.165, 1.54) is 0 Å². The van der Waals surface area contributed by atoms with Gasteiger partial charge >= 0.3 is 12.1 Å². The van der Waals surface area contributed by atoms with Crippen LogP contribution in [0.15, 0.2) is 0 Å². The van der Waals surface area contributed by atoms with E-state index in [1.54, 1.807) is 4.90 Å². The molecule has 1 rings (SSSR count). The molecule has 1 amide bonds. The molecule has 0 aromatic heterocycles. The van der Waals surface area contributed by atoms with Gasteiger partial charge in [0.15, 0.2) is 0 Å². The van der Waals surface area contributed by atoms with Gasteiger partial charge in [0, 0.05) is 13.1 Å². The molecule has 0 bridgehead atoms. The van der Waals surface area contributed by atoms with Crippen molar-refractivity contribution >= 4 is 12.1 Å². The molecular formula is C12H21NO4. The minimum Gasteiger partial charge on any atom is -0.481 e. The number of carboxylic acid groups (broad SMARTS) is 1. The molecule has 0 aromatic rings. The van der Waals surface area contributed by atoms with Crippen molar-refractivity contribution in [3.63, 3.8) is 0 Å². The van der Waals surface area contributed by atoms with Crippen molar-refractivity contribution in [1.82, 2.24) is 4.90 Å². The molecule has 98 valence electrons. The Balaban J connectivity index is 2.55. The van der Waals surface area contributed by atoms with Crippen molar-refractivity contribution in [1.29, 1.82) is 0 Å². The maximum Gasteiger partial charge on any atom is 0.410 e. The highest BCUT2D eigenvalue weighted by Crippen LogP contribution is 2.24. The van der Waals surface area contributed by atoms with Crippen LogP contribution in [-0.2, 0) is 9.53 Å². The monoisotopic (exact) mass is 243 g/mol. The average molecular weight is 243 g/mol. The number of hydrogen-bond acceptors (Lipinski definition) is 3. The van der Waals surface area contributed by atoms with Crippen molar-refractivity contribution in [2.24, 2.45) is 11.8 Å². The Hall–Kier alpha value is -1.26. The summed E-state index contributed by atoms with van der Waals surface area (Å²) in [7, 11) is 0. The van der Waals surface area contributed by atoms with Crippen molar-refractivity contribution in [2.45, 2.75) is 39.7 Å². The van der Waals surface area contributed by atoms with Gasteiger partial charge in [0.1, 0.15) is 5.60 Å². The van der Waals surface area contributed by atoms with Gasteiger partial charge < -0.3 is 14.7 Å². The van der Waals surface area contributed by atoms with Gasteiger partial charge in [0.05, 0.1) is 5.92 Å². The molecule has 2 unspecified atom stereocenters. The number of ether oxygens (including phenoxy) is 1. The van der Waals surface area contributed by atoms with Gasteiger partial charge in [-0.25, -0.2) is 4.79 Å². The second kappa shape index (κ2) is 4.94.